The molecule has 2 aromatic rings. The van der Waals surface area contributed by atoms with Gasteiger partial charge in [-0.3, -0.25) is 4.79 Å². The maximum absolute atomic E-state index is 12.0. The van der Waals surface area contributed by atoms with E-state index in [-0.39, 0.29) is 5.97 Å². The first-order chi connectivity index (χ1) is 16.2. The lowest BCUT2D eigenvalue weighted by Gasteiger charge is -2.06. The number of hydrogen-bond acceptors (Lipinski definition) is 5. The van der Waals surface area contributed by atoms with Crippen molar-refractivity contribution in [1.82, 2.24) is 9.97 Å². The second kappa shape index (κ2) is 17.0. The summed E-state index contributed by atoms with van der Waals surface area (Å²) in [6.07, 6.45) is 18.8. The van der Waals surface area contributed by atoms with Gasteiger partial charge in [-0.2, -0.15) is 0 Å². The van der Waals surface area contributed by atoms with Gasteiger partial charge in [-0.25, -0.2) is 9.97 Å². The van der Waals surface area contributed by atoms with Gasteiger partial charge in [0.15, 0.2) is 11.6 Å². The highest BCUT2D eigenvalue weighted by molar-refractivity contribution is 5.72. The number of carbonyl (C=O) groups is 1. The lowest BCUT2D eigenvalue weighted by molar-refractivity contribution is -0.134. The second-order valence-electron chi connectivity index (χ2n) is 8.34. The predicted octanol–water partition coefficient (Wildman–Crippen LogP) is 7.11. The molecule has 5 heteroatoms. The number of carbonyl (C=O) groups excluding carboxylic acids is 1. The fraction of sp³-hybridized carbons (Fsp3) is 0.536. The van der Waals surface area contributed by atoms with Crippen LogP contribution < -0.4 is 4.74 Å². The number of allylic oxidation sites excluding steroid dienone is 2. The number of unbranched alkanes of at least 4 members (excludes halogenated alkanes) is 5. The molecule has 0 fully saturated rings. The summed E-state index contributed by atoms with van der Waals surface area (Å²) in [6, 6.07) is 8.37. The van der Waals surface area contributed by atoms with Crippen molar-refractivity contribution in [2.45, 2.75) is 84.5 Å². The van der Waals surface area contributed by atoms with E-state index in [1.165, 1.54) is 37.7 Å². The fourth-order valence-corrected chi connectivity index (χ4v) is 3.43. The quantitative estimate of drug-likeness (QED) is 0.145. The fourth-order valence-electron chi connectivity index (χ4n) is 3.43. The number of rotatable bonds is 17. The molecular formula is C28H40N2O3. The molecule has 33 heavy (non-hydrogen) atoms. The highest BCUT2D eigenvalue weighted by Gasteiger charge is 2.07. The molecule has 1 aromatic carbocycles. The first-order valence-corrected chi connectivity index (χ1v) is 12.6. The number of aryl methyl sites for hydroxylation is 1. The maximum Gasteiger partial charge on any atom is 0.311 e. The molecule has 0 aliphatic heterocycles. The van der Waals surface area contributed by atoms with Gasteiger partial charge < -0.3 is 9.47 Å². The lowest BCUT2D eigenvalue weighted by Crippen LogP contribution is -2.07. The van der Waals surface area contributed by atoms with Gasteiger partial charge in [-0.15, -0.1) is 0 Å². The third-order valence-electron chi connectivity index (χ3n) is 5.33. The van der Waals surface area contributed by atoms with Crippen molar-refractivity contribution in [3.63, 3.8) is 0 Å². The molecule has 0 saturated carbocycles. The van der Waals surface area contributed by atoms with Crippen molar-refractivity contribution >= 4 is 5.97 Å². The zero-order valence-corrected chi connectivity index (χ0v) is 20.4. The molecule has 5 nitrogen and oxygen atoms in total. The van der Waals surface area contributed by atoms with E-state index in [1.807, 2.05) is 12.1 Å². The van der Waals surface area contributed by atoms with Crippen LogP contribution in [-0.4, -0.2) is 29.2 Å². The van der Waals surface area contributed by atoms with Crippen molar-refractivity contribution in [3.8, 4) is 17.1 Å². The van der Waals surface area contributed by atoms with Gasteiger partial charge in [0, 0.05) is 25.2 Å². The number of aromatic nitrogens is 2. The van der Waals surface area contributed by atoms with Crippen molar-refractivity contribution in [2.75, 3.05) is 13.2 Å². The molecule has 0 atom stereocenters. The highest BCUT2D eigenvalue weighted by atomic mass is 16.5. The van der Waals surface area contributed by atoms with E-state index < -0.39 is 0 Å². The van der Waals surface area contributed by atoms with Crippen LogP contribution in [0, 0.1) is 0 Å². The molecule has 2 rings (SSSR count). The van der Waals surface area contributed by atoms with Gasteiger partial charge in [0.05, 0.1) is 12.4 Å². The summed E-state index contributed by atoms with van der Waals surface area (Å²) in [5, 5.41) is 0. The van der Waals surface area contributed by atoms with Gasteiger partial charge in [-0.05, 0) is 50.5 Å². The van der Waals surface area contributed by atoms with Gasteiger partial charge in [-0.1, -0.05) is 69.5 Å². The predicted molar refractivity (Wildman–Crippen MR) is 134 cm³/mol. The summed E-state index contributed by atoms with van der Waals surface area (Å²) in [5.74, 6) is 0.755. The molecule has 0 saturated heterocycles. The highest BCUT2D eigenvalue weighted by Crippen LogP contribution is 2.19. The summed E-state index contributed by atoms with van der Waals surface area (Å²) in [7, 11) is 0. The van der Waals surface area contributed by atoms with Gasteiger partial charge >= 0.3 is 5.97 Å². The van der Waals surface area contributed by atoms with E-state index in [0.717, 1.165) is 44.5 Å². The van der Waals surface area contributed by atoms with E-state index in [2.05, 4.69) is 48.1 Å². The monoisotopic (exact) mass is 452 g/mol. The standard InChI is InChI=1S/C28H40N2O3/c1-3-5-6-7-8-9-12-15-27(31)33-26-22-29-28(30-23-26)25-18-16-24(17-19-25)14-11-10-13-21-32-20-4-2/h8-9,16-19,22-23H,3-7,10-15,20-21H2,1-2H3. The third kappa shape index (κ3) is 11.8. The molecule has 0 spiro atoms. The molecule has 180 valence electrons. The molecule has 0 amide bonds. The first-order valence-electron chi connectivity index (χ1n) is 12.6. The minimum atomic E-state index is -0.258. The Bertz CT molecular complexity index is 801. The SMILES string of the molecule is CCCCCC=CCCC(=O)Oc1cnc(-c2ccc(CCCCCOCCC)cc2)nc1. The van der Waals surface area contributed by atoms with Crippen molar-refractivity contribution in [3.05, 3.63) is 54.4 Å². The van der Waals surface area contributed by atoms with Gasteiger partial charge in [0.1, 0.15) is 0 Å². The van der Waals surface area contributed by atoms with Crippen LogP contribution in [0.1, 0.15) is 83.6 Å². The Labute approximate surface area is 199 Å². The molecule has 1 heterocycles. The topological polar surface area (TPSA) is 61.3 Å². The van der Waals surface area contributed by atoms with Crippen LogP contribution in [-0.2, 0) is 16.0 Å². The Morgan fingerprint density at radius 1 is 0.848 bits per heavy atom. The number of hydrogen-bond donors (Lipinski definition) is 0. The van der Waals surface area contributed by atoms with E-state index in [0.29, 0.717) is 24.4 Å². The summed E-state index contributed by atoms with van der Waals surface area (Å²) < 4.78 is 10.9. The number of ether oxygens (including phenoxy) is 2. The lowest BCUT2D eigenvalue weighted by atomic mass is 10.0. The Kier molecular flexibility index (Phi) is 13.8. The molecule has 0 unspecified atom stereocenters. The Balaban J connectivity index is 1.69. The summed E-state index contributed by atoms with van der Waals surface area (Å²) >= 11 is 0. The average Bonchev–Trinajstić information content (AvgIpc) is 2.84. The molecule has 0 aliphatic carbocycles. The number of nitrogens with zero attached hydrogens (tertiary/aromatic N) is 2. The van der Waals surface area contributed by atoms with Crippen molar-refractivity contribution in [2.24, 2.45) is 0 Å². The van der Waals surface area contributed by atoms with Crippen LogP contribution in [0.3, 0.4) is 0 Å². The van der Waals surface area contributed by atoms with Crippen LogP contribution in [0.2, 0.25) is 0 Å². The van der Waals surface area contributed by atoms with Gasteiger partial charge in [0.2, 0.25) is 0 Å². The minimum Gasteiger partial charge on any atom is -0.423 e. The first kappa shape index (κ1) is 26.7. The summed E-state index contributed by atoms with van der Waals surface area (Å²) in [6.45, 7) is 6.06. The van der Waals surface area contributed by atoms with E-state index >= 15 is 0 Å². The molecule has 0 radical (unpaired) electrons. The van der Waals surface area contributed by atoms with E-state index in [4.69, 9.17) is 9.47 Å². The van der Waals surface area contributed by atoms with Crippen LogP contribution in [0.25, 0.3) is 11.4 Å². The largest absolute Gasteiger partial charge is 0.423 e. The third-order valence-corrected chi connectivity index (χ3v) is 5.33. The van der Waals surface area contributed by atoms with Crippen molar-refractivity contribution < 1.29 is 14.3 Å². The van der Waals surface area contributed by atoms with E-state index in [9.17, 15) is 4.79 Å². The average molecular weight is 453 g/mol. The van der Waals surface area contributed by atoms with Crippen LogP contribution in [0.15, 0.2) is 48.8 Å². The van der Waals surface area contributed by atoms with Crippen molar-refractivity contribution in [1.29, 1.82) is 0 Å². The normalized spacial score (nSPS) is 11.2. The number of benzene rings is 1. The second-order valence-corrected chi connectivity index (χ2v) is 8.34. The Morgan fingerprint density at radius 3 is 2.33 bits per heavy atom. The zero-order valence-electron chi connectivity index (χ0n) is 20.4. The van der Waals surface area contributed by atoms with E-state index in [1.54, 1.807) is 12.4 Å². The Morgan fingerprint density at radius 2 is 1.61 bits per heavy atom. The molecule has 0 aliphatic rings. The van der Waals surface area contributed by atoms with Crippen LogP contribution >= 0.6 is 0 Å². The summed E-state index contributed by atoms with van der Waals surface area (Å²) in [4.78, 5) is 20.7. The Hall–Kier alpha value is -2.53. The number of esters is 1. The summed E-state index contributed by atoms with van der Waals surface area (Å²) in [5.41, 5.74) is 2.27. The zero-order chi connectivity index (χ0) is 23.6. The molecule has 0 N–H and O–H groups in total. The van der Waals surface area contributed by atoms with Crippen LogP contribution in [0.5, 0.6) is 5.75 Å². The van der Waals surface area contributed by atoms with Gasteiger partial charge in [0.25, 0.3) is 0 Å². The molecular weight excluding hydrogens is 412 g/mol. The molecule has 0 bridgehead atoms. The molecule has 1 aromatic heterocycles. The minimum absolute atomic E-state index is 0.258. The van der Waals surface area contributed by atoms with Crippen LogP contribution in [0.4, 0.5) is 0 Å². The smallest absolute Gasteiger partial charge is 0.311 e. The maximum atomic E-state index is 12.0.